The van der Waals surface area contributed by atoms with Gasteiger partial charge >= 0.3 is 0 Å². The van der Waals surface area contributed by atoms with Gasteiger partial charge in [0.25, 0.3) is 0 Å². The SMILES string of the molecule is CCCNC(=O)CN=C(NCC)N1CCCC(C)C1.I. The molecule has 1 atom stereocenters. The lowest BCUT2D eigenvalue weighted by atomic mass is 10.0. The standard InChI is InChI=1S/C14H28N4O.HI/c1-4-8-16-13(19)10-17-14(15-5-2)18-9-6-7-12(3)11-18;/h12H,4-11H2,1-3H3,(H,15,17)(H,16,19);1H. The van der Waals surface area contributed by atoms with Gasteiger partial charge in [-0.25, -0.2) is 4.99 Å². The van der Waals surface area contributed by atoms with Crippen molar-refractivity contribution in [2.45, 2.75) is 40.0 Å². The molecule has 1 fully saturated rings. The summed E-state index contributed by atoms with van der Waals surface area (Å²) >= 11 is 0. The Hall–Kier alpha value is -0.530. The summed E-state index contributed by atoms with van der Waals surface area (Å²) in [7, 11) is 0. The van der Waals surface area contributed by atoms with Gasteiger partial charge in [-0.1, -0.05) is 13.8 Å². The summed E-state index contributed by atoms with van der Waals surface area (Å²) < 4.78 is 0. The number of carbonyl (C=O) groups is 1. The Bertz CT molecular complexity index is 310. The van der Waals surface area contributed by atoms with Crippen molar-refractivity contribution >= 4 is 35.8 Å². The second kappa shape index (κ2) is 11.2. The maximum absolute atomic E-state index is 11.6. The Balaban J connectivity index is 0.00000361. The Morgan fingerprint density at radius 3 is 2.70 bits per heavy atom. The van der Waals surface area contributed by atoms with E-state index in [1.54, 1.807) is 0 Å². The summed E-state index contributed by atoms with van der Waals surface area (Å²) in [5.74, 6) is 1.58. The average Bonchev–Trinajstić information content (AvgIpc) is 2.41. The number of rotatable bonds is 5. The second-order valence-electron chi connectivity index (χ2n) is 5.21. The molecule has 0 aliphatic carbocycles. The monoisotopic (exact) mass is 396 g/mol. The number of hydrogen-bond acceptors (Lipinski definition) is 2. The molecule has 0 spiro atoms. The van der Waals surface area contributed by atoms with Crippen molar-refractivity contribution in [3.8, 4) is 0 Å². The summed E-state index contributed by atoms with van der Waals surface area (Å²) in [4.78, 5) is 18.3. The number of carbonyl (C=O) groups excluding carboxylic acids is 1. The van der Waals surface area contributed by atoms with Crippen molar-refractivity contribution in [3.63, 3.8) is 0 Å². The van der Waals surface area contributed by atoms with Crippen molar-refractivity contribution in [1.82, 2.24) is 15.5 Å². The third-order valence-corrected chi connectivity index (χ3v) is 3.24. The highest BCUT2D eigenvalue weighted by molar-refractivity contribution is 14.0. The van der Waals surface area contributed by atoms with Crippen LogP contribution in [0.1, 0.15) is 40.0 Å². The van der Waals surface area contributed by atoms with Crippen molar-refractivity contribution in [2.75, 3.05) is 32.7 Å². The van der Waals surface area contributed by atoms with Gasteiger partial charge in [-0.3, -0.25) is 4.79 Å². The smallest absolute Gasteiger partial charge is 0.241 e. The van der Waals surface area contributed by atoms with Crippen LogP contribution in [0.3, 0.4) is 0 Å². The highest BCUT2D eigenvalue weighted by Crippen LogP contribution is 2.15. The molecule has 1 unspecified atom stereocenters. The van der Waals surface area contributed by atoms with Crippen molar-refractivity contribution in [2.24, 2.45) is 10.9 Å². The van der Waals surface area contributed by atoms with E-state index in [1.807, 2.05) is 6.92 Å². The molecule has 1 heterocycles. The van der Waals surface area contributed by atoms with E-state index < -0.39 is 0 Å². The van der Waals surface area contributed by atoms with Crippen LogP contribution < -0.4 is 10.6 Å². The normalized spacial score (nSPS) is 19.2. The number of nitrogens with zero attached hydrogens (tertiary/aromatic N) is 2. The molecule has 0 bridgehead atoms. The number of hydrogen-bond donors (Lipinski definition) is 2. The van der Waals surface area contributed by atoms with Gasteiger partial charge in [-0.15, -0.1) is 24.0 Å². The molecule has 5 nitrogen and oxygen atoms in total. The van der Waals surface area contributed by atoms with E-state index in [-0.39, 0.29) is 36.4 Å². The first-order chi connectivity index (χ1) is 9.17. The predicted octanol–water partition coefficient (Wildman–Crippen LogP) is 1.83. The zero-order valence-corrected chi connectivity index (χ0v) is 15.3. The summed E-state index contributed by atoms with van der Waals surface area (Å²) in [6.07, 6.45) is 3.44. The molecule has 2 N–H and O–H groups in total. The molecule has 1 aliphatic heterocycles. The minimum Gasteiger partial charge on any atom is -0.357 e. The quantitative estimate of drug-likeness (QED) is 0.424. The lowest BCUT2D eigenvalue weighted by molar-refractivity contribution is -0.119. The van der Waals surface area contributed by atoms with Gasteiger partial charge in [-0.2, -0.15) is 0 Å². The molecule has 118 valence electrons. The van der Waals surface area contributed by atoms with Crippen LogP contribution >= 0.6 is 24.0 Å². The molecule has 20 heavy (non-hydrogen) atoms. The van der Waals surface area contributed by atoms with Gasteiger partial charge < -0.3 is 15.5 Å². The zero-order chi connectivity index (χ0) is 14.1. The number of guanidine groups is 1. The fraction of sp³-hybridized carbons (Fsp3) is 0.857. The number of likely N-dealkylation sites (tertiary alicyclic amines) is 1. The van der Waals surface area contributed by atoms with Crippen LogP contribution in [0.2, 0.25) is 0 Å². The van der Waals surface area contributed by atoms with E-state index in [9.17, 15) is 4.79 Å². The van der Waals surface area contributed by atoms with E-state index in [0.29, 0.717) is 5.92 Å². The maximum atomic E-state index is 11.6. The van der Waals surface area contributed by atoms with E-state index in [0.717, 1.165) is 38.6 Å². The Morgan fingerprint density at radius 1 is 1.35 bits per heavy atom. The van der Waals surface area contributed by atoms with Crippen LogP contribution in [0, 0.1) is 5.92 Å². The third-order valence-electron chi connectivity index (χ3n) is 3.24. The minimum atomic E-state index is 0. The fourth-order valence-electron chi connectivity index (χ4n) is 2.27. The van der Waals surface area contributed by atoms with E-state index in [4.69, 9.17) is 0 Å². The number of aliphatic imine (C=N–C) groups is 1. The number of nitrogens with one attached hydrogen (secondary N) is 2. The van der Waals surface area contributed by atoms with Gasteiger partial charge in [0.2, 0.25) is 5.91 Å². The van der Waals surface area contributed by atoms with Crippen LogP contribution in [0.4, 0.5) is 0 Å². The van der Waals surface area contributed by atoms with Gasteiger partial charge in [0, 0.05) is 26.2 Å². The molecule has 1 amide bonds. The summed E-state index contributed by atoms with van der Waals surface area (Å²) in [6.45, 7) is 10.2. The third kappa shape index (κ3) is 7.31. The zero-order valence-electron chi connectivity index (χ0n) is 12.9. The minimum absolute atomic E-state index is 0. The second-order valence-corrected chi connectivity index (χ2v) is 5.21. The number of amides is 1. The predicted molar refractivity (Wildman–Crippen MR) is 94.7 cm³/mol. The first-order valence-corrected chi connectivity index (χ1v) is 7.47. The first kappa shape index (κ1) is 19.5. The lowest BCUT2D eigenvalue weighted by Gasteiger charge is -2.33. The highest BCUT2D eigenvalue weighted by Gasteiger charge is 2.19. The molecule has 0 saturated carbocycles. The van der Waals surface area contributed by atoms with E-state index in [1.165, 1.54) is 12.8 Å². The fourth-order valence-corrected chi connectivity index (χ4v) is 2.27. The van der Waals surface area contributed by atoms with Gasteiger partial charge in [0.1, 0.15) is 6.54 Å². The molecule has 0 aromatic rings. The summed E-state index contributed by atoms with van der Waals surface area (Å²) in [6, 6.07) is 0. The topological polar surface area (TPSA) is 56.7 Å². The van der Waals surface area contributed by atoms with Gasteiger partial charge in [-0.05, 0) is 32.1 Å². The Morgan fingerprint density at radius 2 is 2.10 bits per heavy atom. The molecule has 0 aromatic heterocycles. The van der Waals surface area contributed by atoms with Gasteiger partial charge in [0.05, 0.1) is 0 Å². The molecule has 1 rings (SSSR count). The Kier molecular flexibility index (Phi) is 10.9. The van der Waals surface area contributed by atoms with E-state index in [2.05, 4.69) is 34.4 Å². The van der Waals surface area contributed by atoms with Crippen molar-refractivity contribution in [1.29, 1.82) is 0 Å². The molecular formula is C14H29IN4O. The molecule has 6 heteroatoms. The maximum Gasteiger partial charge on any atom is 0.241 e. The molecule has 1 aliphatic rings. The highest BCUT2D eigenvalue weighted by atomic mass is 127. The van der Waals surface area contributed by atoms with Crippen LogP contribution in [-0.2, 0) is 4.79 Å². The number of piperidine rings is 1. The van der Waals surface area contributed by atoms with Crippen LogP contribution in [0.25, 0.3) is 0 Å². The average molecular weight is 396 g/mol. The van der Waals surface area contributed by atoms with E-state index >= 15 is 0 Å². The first-order valence-electron chi connectivity index (χ1n) is 7.47. The summed E-state index contributed by atoms with van der Waals surface area (Å²) in [5, 5.41) is 6.13. The molecule has 1 saturated heterocycles. The van der Waals surface area contributed by atoms with Crippen LogP contribution in [0.5, 0.6) is 0 Å². The van der Waals surface area contributed by atoms with Gasteiger partial charge in [0.15, 0.2) is 5.96 Å². The summed E-state index contributed by atoms with van der Waals surface area (Å²) in [5.41, 5.74) is 0. The lowest BCUT2D eigenvalue weighted by Crippen LogP contribution is -2.46. The molecule has 0 radical (unpaired) electrons. The van der Waals surface area contributed by atoms with Crippen molar-refractivity contribution in [3.05, 3.63) is 0 Å². The Labute approximate surface area is 140 Å². The molecule has 0 aromatic carbocycles. The largest absolute Gasteiger partial charge is 0.357 e. The van der Waals surface area contributed by atoms with Crippen LogP contribution in [-0.4, -0.2) is 49.5 Å². The number of halogens is 1. The van der Waals surface area contributed by atoms with Crippen molar-refractivity contribution < 1.29 is 4.79 Å². The molecular weight excluding hydrogens is 367 g/mol. The van der Waals surface area contributed by atoms with Crippen LogP contribution in [0.15, 0.2) is 4.99 Å².